The Morgan fingerprint density at radius 3 is 2.59 bits per heavy atom. The molecule has 0 aromatic heterocycles. The molecular formula is C17H18N2O3. The largest absolute Gasteiger partial charge is 0.467 e. The molecule has 0 atom stereocenters. The third-order valence-electron chi connectivity index (χ3n) is 3.37. The minimum atomic E-state index is 0.443. The topological polar surface area (TPSA) is 33.7 Å². The van der Waals surface area contributed by atoms with Crippen LogP contribution in [-0.4, -0.2) is 29.2 Å². The highest BCUT2D eigenvalue weighted by molar-refractivity contribution is 5.37. The molecule has 0 unspecified atom stereocenters. The molecule has 1 aromatic rings. The van der Waals surface area contributed by atoms with Crippen LogP contribution in [0.2, 0.25) is 0 Å². The van der Waals surface area contributed by atoms with Gasteiger partial charge in [0.1, 0.15) is 6.26 Å². The molecule has 114 valence electrons. The van der Waals surface area contributed by atoms with Crippen LogP contribution in [0.3, 0.4) is 0 Å². The second-order valence-electron chi connectivity index (χ2n) is 4.95. The van der Waals surface area contributed by atoms with Gasteiger partial charge in [0.15, 0.2) is 11.9 Å². The number of allylic oxidation sites excluding steroid dienone is 1. The van der Waals surface area contributed by atoms with Crippen molar-refractivity contribution in [3.05, 3.63) is 72.0 Å². The van der Waals surface area contributed by atoms with Gasteiger partial charge in [0, 0.05) is 0 Å². The van der Waals surface area contributed by atoms with Crippen LogP contribution in [-0.2, 0) is 14.2 Å². The molecule has 5 heteroatoms. The van der Waals surface area contributed by atoms with Crippen molar-refractivity contribution in [2.45, 2.75) is 13.8 Å². The molecule has 5 nitrogen and oxygen atoms in total. The van der Waals surface area contributed by atoms with Gasteiger partial charge in [-0.3, -0.25) is 0 Å². The number of nitrogens with zero attached hydrogens (tertiary/aromatic N) is 2. The van der Waals surface area contributed by atoms with Gasteiger partial charge >= 0.3 is 18.4 Å². The van der Waals surface area contributed by atoms with Gasteiger partial charge in [-0.05, 0) is 25.0 Å². The minimum Gasteiger partial charge on any atom is -0.467 e. The third kappa shape index (κ3) is 2.41. The lowest BCUT2D eigenvalue weighted by Crippen LogP contribution is -2.14. The SMILES string of the molecule is C=[N+]1C=C(OCC)O[C-]1c1cccc([C-]2OC=C(C)[N+]2=C)c1. The van der Waals surface area contributed by atoms with E-state index in [1.165, 1.54) is 0 Å². The average molecular weight is 298 g/mol. The Hall–Kier alpha value is -2.82. The maximum Gasteiger partial charge on any atom is 0.311 e. The van der Waals surface area contributed by atoms with E-state index < -0.39 is 0 Å². The van der Waals surface area contributed by atoms with Gasteiger partial charge < -0.3 is 14.2 Å². The summed E-state index contributed by atoms with van der Waals surface area (Å²) in [6.07, 6.45) is 4.69. The van der Waals surface area contributed by atoms with Crippen LogP contribution in [0, 0.1) is 12.5 Å². The summed E-state index contributed by atoms with van der Waals surface area (Å²) in [6.45, 7) is 12.3. The number of benzene rings is 1. The van der Waals surface area contributed by atoms with Gasteiger partial charge in [-0.2, -0.15) is 0 Å². The number of hydrogen-bond acceptors (Lipinski definition) is 3. The lowest BCUT2D eigenvalue weighted by atomic mass is 10.1. The molecule has 0 radical (unpaired) electrons. The zero-order chi connectivity index (χ0) is 15.7. The molecule has 0 fully saturated rings. The molecule has 3 rings (SSSR count). The lowest BCUT2D eigenvalue weighted by Gasteiger charge is -2.16. The molecule has 0 saturated carbocycles. The highest BCUT2D eigenvalue weighted by Crippen LogP contribution is 2.31. The van der Waals surface area contributed by atoms with Crippen molar-refractivity contribution in [1.82, 2.24) is 0 Å². The Bertz CT molecular complexity index is 691. The summed E-state index contributed by atoms with van der Waals surface area (Å²) in [5, 5.41) is 0. The van der Waals surface area contributed by atoms with Gasteiger partial charge in [0.05, 0.1) is 20.0 Å². The monoisotopic (exact) mass is 298 g/mol. The average Bonchev–Trinajstić information content (AvgIpc) is 3.03. The van der Waals surface area contributed by atoms with Crippen LogP contribution >= 0.6 is 0 Å². The van der Waals surface area contributed by atoms with E-state index in [0.29, 0.717) is 25.0 Å². The van der Waals surface area contributed by atoms with Crippen molar-refractivity contribution in [2.75, 3.05) is 6.61 Å². The predicted molar refractivity (Wildman–Crippen MR) is 81.5 cm³/mol. The molecule has 2 aliphatic heterocycles. The van der Waals surface area contributed by atoms with E-state index >= 15 is 0 Å². The van der Waals surface area contributed by atoms with Crippen LogP contribution < -0.4 is 0 Å². The number of rotatable bonds is 4. The quantitative estimate of drug-likeness (QED) is 0.633. The van der Waals surface area contributed by atoms with Crippen molar-refractivity contribution >= 4 is 13.4 Å². The fourth-order valence-corrected chi connectivity index (χ4v) is 2.24. The first-order valence-electron chi connectivity index (χ1n) is 7.01. The first kappa shape index (κ1) is 14.1. The van der Waals surface area contributed by atoms with E-state index in [1.807, 2.05) is 38.1 Å². The molecule has 2 heterocycles. The summed E-state index contributed by atoms with van der Waals surface area (Å²) < 4.78 is 20.0. The normalized spacial score (nSPS) is 17.2. The first-order chi connectivity index (χ1) is 10.6. The molecule has 0 spiro atoms. The lowest BCUT2D eigenvalue weighted by molar-refractivity contribution is -0.464. The van der Waals surface area contributed by atoms with Crippen LogP contribution in [0.15, 0.2) is 48.4 Å². The zero-order valence-corrected chi connectivity index (χ0v) is 12.7. The molecule has 0 N–H and O–H groups in total. The maximum absolute atomic E-state index is 5.69. The molecular weight excluding hydrogens is 280 g/mol. The standard InChI is InChI=1S/C17H18N2O3/c1-5-20-15-10-18(3)16(22-15)13-7-6-8-14(9-13)17-19(4)12(2)11-21-17/h6-11H,3-5H2,1-2H3. The van der Waals surface area contributed by atoms with E-state index in [-0.39, 0.29) is 0 Å². The van der Waals surface area contributed by atoms with Gasteiger partial charge in [-0.1, -0.05) is 0 Å². The van der Waals surface area contributed by atoms with E-state index in [4.69, 9.17) is 14.2 Å². The molecule has 0 bridgehead atoms. The van der Waals surface area contributed by atoms with E-state index in [2.05, 4.69) is 13.4 Å². The molecule has 22 heavy (non-hydrogen) atoms. The van der Waals surface area contributed by atoms with Crippen LogP contribution in [0.1, 0.15) is 25.0 Å². The summed E-state index contributed by atoms with van der Waals surface area (Å²) in [5.41, 5.74) is 2.74. The van der Waals surface area contributed by atoms with Crippen LogP contribution in [0.5, 0.6) is 0 Å². The van der Waals surface area contributed by atoms with Crippen molar-refractivity contribution in [2.24, 2.45) is 0 Å². The molecule has 0 saturated heterocycles. The number of hydrogen-bond donors (Lipinski definition) is 0. The summed E-state index contributed by atoms with van der Waals surface area (Å²) in [7, 11) is 0. The van der Waals surface area contributed by atoms with Gasteiger partial charge in [0.2, 0.25) is 0 Å². The van der Waals surface area contributed by atoms with Crippen LogP contribution in [0.4, 0.5) is 0 Å². The molecule has 1 aromatic carbocycles. The van der Waals surface area contributed by atoms with Gasteiger partial charge in [0.25, 0.3) is 0 Å². The van der Waals surface area contributed by atoms with Crippen molar-refractivity contribution in [1.29, 1.82) is 0 Å². The second kappa shape index (κ2) is 5.52. The summed E-state index contributed by atoms with van der Waals surface area (Å²) in [6, 6.07) is 7.81. The summed E-state index contributed by atoms with van der Waals surface area (Å²) in [5.74, 6) is 0.443. The van der Waals surface area contributed by atoms with Crippen LogP contribution in [0.25, 0.3) is 0 Å². The van der Waals surface area contributed by atoms with Crippen molar-refractivity contribution < 1.29 is 23.4 Å². The molecule has 0 amide bonds. The molecule has 2 aliphatic rings. The molecule has 0 aliphatic carbocycles. The van der Waals surface area contributed by atoms with E-state index in [0.717, 1.165) is 16.8 Å². The van der Waals surface area contributed by atoms with Crippen molar-refractivity contribution in [3.8, 4) is 0 Å². The van der Waals surface area contributed by atoms with Crippen molar-refractivity contribution in [3.63, 3.8) is 0 Å². The maximum atomic E-state index is 5.69. The Balaban J connectivity index is 1.81. The fraction of sp³-hybridized carbons (Fsp3) is 0.176. The second-order valence-corrected chi connectivity index (χ2v) is 4.95. The Kier molecular flexibility index (Phi) is 3.55. The zero-order valence-electron chi connectivity index (χ0n) is 12.7. The van der Waals surface area contributed by atoms with E-state index in [1.54, 1.807) is 21.6 Å². The summed E-state index contributed by atoms with van der Waals surface area (Å²) in [4.78, 5) is 0. The number of ether oxygens (including phenoxy) is 3. The fourth-order valence-electron chi connectivity index (χ4n) is 2.24. The van der Waals surface area contributed by atoms with E-state index in [9.17, 15) is 0 Å². The smallest absolute Gasteiger partial charge is 0.311 e. The highest BCUT2D eigenvalue weighted by Gasteiger charge is 2.30. The highest BCUT2D eigenvalue weighted by atomic mass is 16.7. The Morgan fingerprint density at radius 2 is 1.95 bits per heavy atom. The Morgan fingerprint density at radius 1 is 1.23 bits per heavy atom. The third-order valence-corrected chi connectivity index (χ3v) is 3.37. The Labute approximate surface area is 130 Å². The minimum absolute atomic E-state index is 0.443. The van der Waals surface area contributed by atoms with Gasteiger partial charge in [-0.15, -0.1) is 24.3 Å². The predicted octanol–water partition coefficient (Wildman–Crippen LogP) is 2.55. The van der Waals surface area contributed by atoms with Gasteiger partial charge in [-0.25, -0.2) is 9.15 Å². The first-order valence-corrected chi connectivity index (χ1v) is 7.01. The summed E-state index contributed by atoms with van der Waals surface area (Å²) >= 11 is 0.